The van der Waals surface area contributed by atoms with Crippen molar-refractivity contribution in [3.8, 4) is 0 Å². The van der Waals surface area contributed by atoms with Gasteiger partial charge in [-0.15, -0.1) is 16.5 Å². The predicted octanol–water partition coefficient (Wildman–Crippen LogP) is 2.14. The second-order valence-corrected chi connectivity index (χ2v) is 13.9. The lowest BCUT2D eigenvalue weighted by Crippen LogP contribution is -2.23. The van der Waals surface area contributed by atoms with Crippen LogP contribution in [0, 0.1) is 0 Å². The van der Waals surface area contributed by atoms with E-state index in [0.29, 0.717) is 16.8 Å². The zero-order valence-corrected chi connectivity index (χ0v) is 12.1. The van der Waals surface area contributed by atoms with Crippen LogP contribution in [-0.2, 0) is 17.7 Å². The molecule has 4 nitrogen and oxygen atoms in total. The van der Waals surface area contributed by atoms with Crippen molar-refractivity contribution in [2.45, 2.75) is 5.88 Å². The summed E-state index contributed by atoms with van der Waals surface area (Å²) in [5.74, 6) is 0.473. The van der Waals surface area contributed by atoms with Gasteiger partial charge in [-0.2, -0.15) is 0 Å². The molecular weight excluding hydrogens is 273 g/mol. The molecule has 0 N–H and O–H groups in total. The van der Waals surface area contributed by atoms with Crippen LogP contribution in [0.25, 0.3) is 10.9 Å². The van der Waals surface area contributed by atoms with E-state index in [1.54, 1.807) is 23.5 Å². The third-order valence-electron chi connectivity index (χ3n) is 2.12. The van der Waals surface area contributed by atoms with Gasteiger partial charge >= 0.3 is 0 Å². The van der Waals surface area contributed by atoms with Gasteiger partial charge in [0.15, 0.2) is 0 Å². The lowest BCUT2D eigenvalue weighted by Gasteiger charge is -2.09. The number of hydrogen-bond donors (Lipinski definition) is 0. The van der Waals surface area contributed by atoms with Crippen LogP contribution in [0.15, 0.2) is 29.1 Å². The van der Waals surface area contributed by atoms with E-state index < -0.39 is 5.24 Å². The van der Waals surface area contributed by atoms with Gasteiger partial charge in [0.05, 0.1) is 11.3 Å². The minimum absolute atomic E-state index is 0.105. The Labute approximate surface area is 108 Å². The minimum atomic E-state index is -1.39. The molecule has 0 fully saturated rings. The third kappa shape index (κ3) is 3.15. The first-order valence-electron chi connectivity index (χ1n) is 4.99. The van der Waals surface area contributed by atoms with E-state index in [9.17, 15) is 4.79 Å². The van der Waals surface area contributed by atoms with Gasteiger partial charge in [0.25, 0.3) is 5.56 Å². The molecule has 0 saturated carbocycles. The van der Waals surface area contributed by atoms with Gasteiger partial charge in [-0.1, -0.05) is 29.2 Å². The van der Waals surface area contributed by atoms with E-state index in [1.165, 1.54) is 4.68 Å². The monoisotopic (exact) mass is 285 g/mol. The molecule has 2 aromatic rings. The lowest BCUT2D eigenvalue weighted by atomic mass is 10.2. The molecule has 0 bridgehead atoms. The number of rotatable bonds is 3. The summed E-state index contributed by atoms with van der Waals surface area (Å²) in [4.78, 5) is 12.1. The topological polar surface area (TPSA) is 47.8 Å². The molecule has 0 aliphatic carbocycles. The van der Waals surface area contributed by atoms with E-state index in [-0.39, 0.29) is 5.56 Å². The Morgan fingerprint density at radius 1 is 1.41 bits per heavy atom. The normalized spacial score (nSPS) is 11.9. The molecule has 0 aliphatic rings. The molecule has 90 valence electrons. The molecule has 0 saturated heterocycles. The van der Waals surface area contributed by atoms with Crippen LogP contribution < -0.4 is 5.56 Å². The summed E-state index contributed by atoms with van der Waals surface area (Å²) in [5.41, 5.74) is 0.526. The predicted molar refractivity (Wildman–Crippen MR) is 77.5 cm³/mol. The average Bonchev–Trinajstić information content (AvgIpc) is 2.27. The van der Waals surface area contributed by atoms with Gasteiger partial charge in [0, 0.05) is 5.24 Å². The van der Waals surface area contributed by atoms with E-state index in [4.69, 9.17) is 11.8 Å². The van der Waals surface area contributed by atoms with Crippen LogP contribution >= 0.6 is 16.6 Å². The second kappa shape index (κ2) is 4.88. The van der Waals surface area contributed by atoms with E-state index in [0.717, 1.165) is 0 Å². The standard InChI is InChI=1S/C10H12N3OPS2/c1-15(2,16)17-7-13-10(14)8-5-3-4-6-9(8)11-12-13/h3-6H,7H2,1-2H3. The Morgan fingerprint density at radius 2 is 2.12 bits per heavy atom. The molecule has 1 heterocycles. The smallest absolute Gasteiger partial charge is 0.267 e. The molecule has 0 amide bonds. The van der Waals surface area contributed by atoms with Crippen LogP contribution in [0.3, 0.4) is 0 Å². The number of nitrogens with zero attached hydrogens (tertiary/aromatic N) is 3. The van der Waals surface area contributed by atoms with Crippen LogP contribution in [0.2, 0.25) is 0 Å². The lowest BCUT2D eigenvalue weighted by molar-refractivity contribution is 0.646. The zero-order valence-electron chi connectivity index (χ0n) is 9.53. The highest BCUT2D eigenvalue weighted by molar-refractivity contribution is 8.70. The summed E-state index contributed by atoms with van der Waals surface area (Å²) >= 11 is 6.93. The summed E-state index contributed by atoms with van der Waals surface area (Å²) in [7, 11) is 0. The Hall–Kier alpha value is -0.710. The first-order chi connectivity index (χ1) is 7.97. The fourth-order valence-electron chi connectivity index (χ4n) is 1.30. The van der Waals surface area contributed by atoms with Gasteiger partial charge in [0.1, 0.15) is 5.52 Å². The fraction of sp³-hybridized carbons (Fsp3) is 0.300. The van der Waals surface area contributed by atoms with Crippen molar-refractivity contribution in [3.63, 3.8) is 0 Å². The maximum Gasteiger partial charge on any atom is 0.278 e. The summed E-state index contributed by atoms with van der Waals surface area (Å²) in [6, 6.07) is 7.22. The molecule has 2 rings (SSSR count). The van der Waals surface area contributed by atoms with Crippen LogP contribution in [0.4, 0.5) is 0 Å². The number of hydrogen-bond acceptors (Lipinski definition) is 5. The summed E-state index contributed by atoms with van der Waals surface area (Å²) in [6.45, 7) is 4.07. The molecule has 7 heteroatoms. The SMILES string of the molecule is CP(C)(=S)SCn1nnc2ccccc2c1=O. The zero-order chi connectivity index (χ0) is 12.5. The average molecular weight is 285 g/mol. The highest BCUT2D eigenvalue weighted by atomic mass is 32.9. The Bertz CT molecular complexity index is 649. The van der Waals surface area contributed by atoms with Crippen molar-refractivity contribution in [2.24, 2.45) is 0 Å². The van der Waals surface area contributed by atoms with Crippen molar-refractivity contribution >= 4 is 39.3 Å². The summed E-state index contributed by atoms with van der Waals surface area (Å²) < 4.78 is 1.38. The number of aromatic nitrogens is 3. The Balaban J connectivity index is 2.40. The van der Waals surface area contributed by atoms with Crippen molar-refractivity contribution < 1.29 is 0 Å². The maximum atomic E-state index is 12.1. The fourth-order valence-corrected chi connectivity index (χ4v) is 3.44. The molecule has 0 spiro atoms. The highest BCUT2D eigenvalue weighted by Gasteiger charge is 2.08. The minimum Gasteiger partial charge on any atom is -0.267 e. The molecule has 1 aromatic carbocycles. The van der Waals surface area contributed by atoms with Crippen LogP contribution in [0.1, 0.15) is 0 Å². The van der Waals surface area contributed by atoms with Gasteiger partial charge in [-0.3, -0.25) is 4.79 Å². The van der Waals surface area contributed by atoms with Crippen molar-refractivity contribution in [1.29, 1.82) is 0 Å². The molecule has 17 heavy (non-hydrogen) atoms. The molecule has 0 atom stereocenters. The largest absolute Gasteiger partial charge is 0.278 e. The van der Waals surface area contributed by atoms with Crippen LogP contribution in [-0.4, -0.2) is 28.3 Å². The van der Waals surface area contributed by atoms with E-state index in [2.05, 4.69) is 10.3 Å². The first-order valence-corrected chi connectivity index (χ1v) is 10.3. The van der Waals surface area contributed by atoms with Gasteiger partial charge in [-0.05, 0) is 25.5 Å². The molecule has 0 radical (unpaired) electrons. The quantitative estimate of drug-likeness (QED) is 0.809. The van der Waals surface area contributed by atoms with Crippen molar-refractivity contribution in [1.82, 2.24) is 15.0 Å². The Kier molecular flexibility index (Phi) is 3.66. The highest BCUT2D eigenvalue weighted by Crippen LogP contribution is 2.52. The van der Waals surface area contributed by atoms with E-state index >= 15 is 0 Å². The van der Waals surface area contributed by atoms with E-state index in [1.807, 2.05) is 25.5 Å². The number of benzene rings is 1. The van der Waals surface area contributed by atoms with Gasteiger partial charge < -0.3 is 0 Å². The Morgan fingerprint density at radius 3 is 2.82 bits per heavy atom. The van der Waals surface area contributed by atoms with Gasteiger partial charge in [0.2, 0.25) is 0 Å². The third-order valence-corrected chi connectivity index (χ3v) is 6.26. The van der Waals surface area contributed by atoms with Crippen molar-refractivity contribution in [3.05, 3.63) is 34.6 Å². The first kappa shape index (κ1) is 12.7. The molecule has 0 aliphatic heterocycles. The molecule has 0 unspecified atom stereocenters. The van der Waals surface area contributed by atoms with Crippen LogP contribution in [0.5, 0.6) is 0 Å². The van der Waals surface area contributed by atoms with Crippen molar-refractivity contribution in [2.75, 3.05) is 13.3 Å². The molecule has 1 aromatic heterocycles. The second-order valence-electron chi connectivity index (χ2n) is 3.92. The summed E-state index contributed by atoms with van der Waals surface area (Å²) in [6.07, 6.45) is 0. The number of fused-ring (bicyclic) bond motifs is 1. The summed E-state index contributed by atoms with van der Waals surface area (Å²) in [5, 5.41) is 7.15. The molecular formula is C10H12N3OPS2. The van der Waals surface area contributed by atoms with Gasteiger partial charge in [-0.25, -0.2) is 4.68 Å². The maximum absolute atomic E-state index is 12.1.